The van der Waals surface area contributed by atoms with Crippen molar-refractivity contribution in [1.82, 2.24) is 10.0 Å². The van der Waals surface area contributed by atoms with Gasteiger partial charge in [-0.3, -0.25) is 9.59 Å². The maximum atomic E-state index is 14.0. The van der Waals surface area contributed by atoms with Crippen molar-refractivity contribution in [3.05, 3.63) is 107 Å². The Morgan fingerprint density at radius 1 is 0.854 bits per heavy atom. The highest BCUT2D eigenvalue weighted by Gasteiger charge is 2.75. The van der Waals surface area contributed by atoms with Gasteiger partial charge in [-0.25, -0.2) is 9.80 Å². The number of nitrogens with zero attached hydrogens (tertiary/aromatic N) is 2. The number of carbonyl (C=O) groups excluding carboxylic acids is 3. The molecular weight excluding hydrogens is 516 g/mol. The van der Waals surface area contributed by atoms with Crippen LogP contribution in [-0.4, -0.2) is 51.1 Å². The summed E-state index contributed by atoms with van der Waals surface area (Å²) in [5.41, 5.74) is -1.49. The average molecular weight is 551 g/mol. The molecule has 41 heavy (non-hydrogen) atoms. The molecule has 2 aliphatic carbocycles. The molecule has 2 heterocycles. The van der Waals surface area contributed by atoms with Crippen molar-refractivity contribution in [1.29, 1.82) is 0 Å². The fourth-order valence-electron chi connectivity index (χ4n) is 8.34. The van der Waals surface area contributed by atoms with Crippen LogP contribution in [0.2, 0.25) is 0 Å². The van der Waals surface area contributed by atoms with Crippen molar-refractivity contribution in [2.75, 3.05) is 6.54 Å². The summed E-state index contributed by atoms with van der Waals surface area (Å²) in [6.45, 7) is 6.30. The zero-order valence-corrected chi connectivity index (χ0v) is 23.5. The van der Waals surface area contributed by atoms with Gasteiger partial charge in [0.2, 0.25) is 0 Å². The Labute approximate surface area is 239 Å². The van der Waals surface area contributed by atoms with Gasteiger partial charge in [0.25, 0.3) is 11.8 Å². The lowest BCUT2D eigenvalue weighted by atomic mass is 9.54. The molecule has 2 saturated carbocycles. The third kappa shape index (κ3) is 3.24. The number of esters is 1. The Hall–Kier alpha value is -3.81. The third-order valence-corrected chi connectivity index (χ3v) is 10.8. The Balaban J connectivity index is 1.24. The molecule has 0 spiro atoms. The largest absolute Gasteiger partial charge is 0.460 e. The Kier molecular flexibility index (Phi) is 5.48. The number of carbonyl (C=O) groups is 3. The van der Waals surface area contributed by atoms with Gasteiger partial charge in [-0.05, 0) is 60.8 Å². The first-order valence-corrected chi connectivity index (χ1v) is 14.4. The number of aliphatic hydroxyl groups is 1. The number of amides is 2. The van der Waals surface area contributed by atoms with Crippen molar-refractivity contribution in [3.8, 4) is 0 Å². The van der Waals surface area contributed by atoms with Gasteiger partial charge < -0.3 is 9.84 Å². The van der Waals surface area contributed by atoms with E-state index in [1.807, 2.05) is 60.7 Å². The van der Waals surface area contributed by atoms with E-state index in [4.69, 9.17) is 4.74 Å². The van der Waals surface area contributed by atoms with Crippen LogP contribution in [-0.2, 0) is 15.1 Å². The fraction of sp³-hybridized carbons (Fsp3) is 0.382. The van der Waals surface area contributed by atoms with Crippen LogP contribution in [0.3, 0.4) is 0 Å². The van der Waals surface area contributed by atoms with E-state index in [0.717, 1.165) is 22.6 Å². The van der Waals surface area contributed by atoms with Crippen LogP contribution in [0.1, 0.15) is 71.9 Å². The van der Waals surface area contributed by atoms with Crippen LogP contribution in [0, 0.1) is 16.7 Å². The number of hydrazine groups is 1. The first kappa shape index (κ1) is 26.1. The van der Waals surface area contributed by atoms with Gasteiger partial charge in [-0.2, -0.15) is 5.01 Å². The normalized spacial score (nSPS) is 31.3. The van der Waals surface area contributed by atoms with Crippen LogP contribution < -0.4 is 0 Å². The number of rotatable bonds is 6. The average Bonchev–Trinajstić information content (AvgIpc) is 3.43. The SMILES string of the molecule is CC1(C)[C@@H]2CC[C@@]1(C(O)(c1ccccc1)c1ccccc1)[C@H](OC(=O)[C@@]1(C)CN1N1C(=O)c3ccccc3C1=O)C2. The van der Waals surface area contributed by atoms with Gasteiger partial charge in [0.15, 0.2) is 0 Å². The first-order chi connectivity index (χ1) is 19.6. The topological polar surface area (TPSA) is 86.9 Å². The van der Waals surface area contributed by atoms with Gasteiger partial charge >= 0.3 is 5.97 Å². The molecule has 7 rings (SSSR count). The molecule has 5 atom stereocenters. The van der Waals surface area contributed by atoms with Crippen LogP contribution in [0.25, 0.3) is 0 Å². The summed E-state index contributed by atoms with van der Waals surface area (Å²) in [7, 11) is 0. The Morgan fingerprint density at radius 3 is 1.88 bits per heavy atom. The standard InChI is InChI=1S/C34H34N2O5/c1-31(2)24-18-19-33(31,34(40,22-12-6-4-7-13-22)23-14-8-5-9-15-23)27(20-24)41-30(39)32(3)21-35(32)36-28(37)25-16-10-11-17-26(25)29(36)38/h4-17,24,27,40H,18-21H2,1-3H3/t24-,27-,32-,33-,35?/m1/s1. The molecule has 1 unspecified atom stereocenters. The molecule has 4 aliphatic rings. The quantitative estimate of drug-likeness (QED) is 0.266. The summed E-state index contributed by atoms with van der Waals surface area (Å²) >= 11 is 0. The second-order valence-corrected chi connectivity index (χ2v) is 12.8. The Bertz CT molecular complexity index is 1500. The lowest BCUT2D eigenvalue weighted by molar-refractivity contribution is -0.187. The van der Waals surface area contributed by atoms with E-state index in [2.05, 4.69) is 13.8 Å². The highest BCUT2D eigenvalue weighted by molar-refractivity contribution is 6.21. The van der Waals surface area contributed by atoms with Crippen LogP contribution in [0.4, 0.5) is 0 Å². The summed E-state index contributed by atoms with van der Waals surface area (Å²) < 4.78 is 6.45. The van der Waals surface area contributed by atoms with E-state index in [0.29, 0.717) is 24.0 Å². The summed E-state index contributed by atoms with van der Waals surface area (Å²) in [6.07, 6.45) is 1.71. The maximum Gasteiger partial charge on any atom is 0.329 e. The summed E-state index contributed by atoms with van der Waals surface area (Å²) in [4.78, 5) is 40.2. The van der Waals surface area contributed by atoms with Crippen molar-refractivity contribution in [2.45, 2.75) is 57.3 Å². The van der Waals surface area contributed by atoms with E-state index in [-0.39, 0.29) is 17.9 Å². The van der Waals surface area contributed by atoms with Gasteiger partial charge in [0.1, 0.15) is 17.2 Å². The number of hydrogen-bond acceptors (Lipinski definition) is 6. The minimum absolute atomic E-state index is 0.200. The van der Waals surface area contributed by atoms with Gasteiger partial charge in [0, 0.05) is 5.41 Å². The molecule has 0 aromatic heterocycles. The fourth-order valence-corrected chi connectivity index (χ4v) is 8.34. The maximum absolute atomic E-state index is 14.0. The first-order valence-electron chi connectivity index (χ1n) is 14.4. The Morgan fingerprint density at radius 2 is 1.37 bits per heavy atom. The molecule has 1 saturated heterocycles. The molecule has 3 fully saturated rings. The monoisotopic (exact) mass is 550 g/mol. The third-order valence-electron chi connectivity index (χ3n) is 10.8. The number of hydrogen-bond donors (Lipinski definition) is 1. The zero-order valence-electron chi connectivity index (χ0n) is 23.5. The second kappa shape index (κ2) is 8.60. The van der Waals surface area contributed by atoms with Gasteiger partial charge in [0.05, 0.1) is 17.7 Å². The predicted octanol–water partition coefficient (Wildman–Crippen LogP) is 4.95. The van der Waals surface area contributed by atoms with Gasteiger partial charge in [-0.15, -0.1) is 0 Å². The predicted molar refractivity (Wildman–Crippen MR) is 151 cm³/mol. The van der Waals surface area contributed by atoms with Crippen LogP contribution in [0.5, 0.6) is 0 Å². The highest BCUT2D eigenvalue weighted by Crippen LogP contribution is 2.73. The van der Waals surface area contributed by atoms with E-state index in [1.165, 1.54) is 5.01 Å². The number of benzene rings is 3. The van der Waals surface area contributed by atoms with E-state index in [1.54, 1.807) is 31.2 Å². The molecule has 1 N–H and O–H groups in total. The number of imide groups is 1. The number of fused-ring (bicyclic) bond motifs is 3. The molecule has 2 aliphatic heterocycles. The molecule has 7 nitrogen and oxygen atoms in total. The molecule has 3 aromatic rings. The van der Waals surface area contributed by atoms with Crippen molar-refractivity contribution < 1.29 is 24.2 Å². The summed E-state index contributed by atoms with van der Waals surface area (Å²) in [6, 6.07) is 26.1. The lowest BCUT2D eigenvalue weighted by Gasteiger charge is -2.53. The summed E-state index contributed by atoms with van der Waals surface area (Å²) in [5, 5.41) is 15.6. The minimum atomic E-state index is -1.41. The van der Waals surface area contributed by atoms with Gasteiger partial charge in [-0.1, -0.05) is 86.6 Å². The van der Waals surface area contributed by atoms with Crippen molar-refractivity contribution >= 4 is 17.8 Å². The minimum Gasteiger partial charge on any atom is -0.460 e. The molecule has 0 radical (unpaired) electrons. The molecule has 3 aromatic carbocycles. The smallest absolute Gasteiger partial charge is 0.329 e. The van der Waals surface area contributed by atoms with E-state index in [9.17, 15) is 19.5 Å². The summed E-state index contributed by atoms with van der Waals surface area (Å²) in [5.74, 6) is -1.08. The zero-order chi connectivity index (χ0) is 28.8. The van der Waals surface area contributed by atoms with Crippen molar-refractivity contribution in [2.24, 2.45) is 16.7 Å². The lowest BCUT2D eigenvalue weighted by Crippen LogP contribution is -2.58. The molecule has 2 amide bonds. The van der Waals surface area contributed by atoms with Crippen LogP contribution >= 0.6 is 0 Å². The molecular formula is C34H34N2O5. The molecule has 210 valence electrons. The van der Waals surface area contributed by atoms with Crippen LogP contribution in [0.15, 0.2) is 84.9 Å². The second-order valence-electron chi connectivity index (χ2n) is 12.8. The van der Waals surface area contributed by atoms with E-state index >= 15 is 0 Å². The number of ether oxygens (including phenoxy) is 1. The van der Waals surface area contributed by atoms with E-state index < -0.39 is 40.4 Å². The highest BCUT2D eigenvalue weighted by atomic mass is 16.6. The molecule has 2 bridgehead atoms. The molecule has 7 heteroatoms. The van der Waals surface area contributed by atoms with Crippen molar-refractivity contribution in [3.63, 3.8) is 0 Å².